The molecule has 0 saturated heterocycles. The van der Waals surface area contributed by atoms with E-state index in [0.717, 1.165) is 11.3 Å². The maximum Gasteiger partial charge on any atom is 0.0705 e. The van der Waals surface area contributed by atoms with Crippen LogP contribution >= 0.6 is 0 Å². The molecule has 1 aromatic heterocycles. The third kappa shape index (κ3) is 3.03. The Morgan fingerprint density at radius 2 is 1.38 bits per heavy atom. The Balaban J connectivity index is 0.00000161. The first kappa shape index (κ1) is 15.0. The summed E-state index contributed by atoms with van der Waals surface area (Å²) >= 11 is 0. The molecule has 1 heterocycles. The molecule has 1 heteroatoms. The van der Waals surface area contributed by atoms with E-state index in [1.807, 2.05) is 24.4 Å². The molecule has 0 fully saturated rings. The van der Waals surface area contributed by atoms with E-state index in [4.69, 9.17) is 0 Å². The van der Waals surface area contributed by atoms with Crippen molar-refractivity contribution in [1.29, 1.82) is 0 Å². The summed E-state index contributed by atoms with van der Waals surface area (Å²) in [5.41, 5.74) is 7.20. The summed E-state index contributed by atoms with van der Waals surface area (Å²) in [6.07, 6.45) is 1.99. The van der Waals surface area contributed by atoms with Crippen LogP contribution in [0.1, 0.15) is 18.6 Å². The van der Waals surface area contributed by atoms with Crippen molar-refractivity contribution in [3.63, 3.8) is 0 Å². The third-order valence-corrected chi connectivity index (χ3v) is 3.62. The molecule has 3 rings (SSSR count). The van der Waals surface area contributed by atoms with Gasteiger partial charge in [-0.3, -0.25) is 4.98 Å². The van der Waals surface area contributed by atoms with Gasteiger partial charge in [-0.15, -0.1) is 0 Å². The maximum absolute atomic E-state index is 4.63. The van der Waals surface area contributed by atoms with Gasteiger partial charge in [0.05, 0.1) is 5.69 Å². The molecule has 21 heavy (non-hydrogen) atoms. The van der Waals surface area contributed by atoms with Gasteiger partial charge in [-0.1, -0.05) is 62.0 Å². The Morgan fingerprint density at radius 1 is 0.714 bits per heavy atom. The molecule has 0 bridgehead atoms. The van der Waals surface area contributed by atoms with Crippen LogP contribution in [0.5, 0.6) is 0 Å². The molecule has 0 radical (unpaired) electrons. The monoisotopic (exact) mass is 275 g/mol. The van der Waals surface area contributed by atoms with Gasteiger partial charge in [0.25, 0.3) is 0 Å². The molecular formula is C20H21N. The van der Waals surface area contributed by atoms with Crippen LogP contribution < -0.4 is 0 Å². The molecule has 0 N–H and O–H groups in total. The minimum absolute atomic E-state index is 0. The van der Waals surface area contributed by atoms with Crippen LogP contribution in [0.25, 0.3) is 22.4 Å². The van der Waals surface area contributed by atoms with Gasteiger partial charge in [-0.2, -0.15) is 0 Å². The number of pyridine rings is 1. The summed E-state index contributed by atoms with van der Waals surface area (Å²) in [6.45, 7) is 4.29. The van der Waals surface area contributed by atoms with Gasteiger partial charge in [0, 0.05) is 17.3 Å². The number of nitrogens with zero attached hydrogens (tertiary/aromatic N) is 1. The van der Waals surface area contributed by atoms with E-state index in [-0.39, 0.29) is 7.43 Å². The van der Waals surface area contributed by atoms with Gasteiger partial charge in [0.1, 0.15) is 0 Å². The first-order valence-electron chi connectivity index (χ1n) is 6.84. The number of hydrogen-bond acceptors (Lipinski definition) is 1. The van der Waals surface area contributed by atoms with E-state index in [1.165, 1.54) is 22.3 Å². The van der Waals surface area contributed by atoms with E-state index in [1.54, 1.807) is 0 Å². The fraction of sp³-hybridized carbons (Fsp3) is 0.150. The average Bonchev–Trinajstić information content (AvgIpc) is 2.49. The number of rotatable bonds is 2. The normalized spacial score (nSPS) is 10.0. The fourth-order valence-electron chi connectivity index (χ4n) is 2.48. The number of aryl methyl sites for hydroxylation is 2. The highest BCUT2D eigenvalue weighted by Gasteiger charge is 2.07. The molecule has 106 valence electrons. The molecule has 0 aliphatic heterocycles. The summed E-state index contributed by atoms with van der Waals surface area (Å²) in [5.74, 6) is 0. The van der Waals surface area contributed by atoms with Gasteiger partial charge >= 0.3 is 0 Å². The van der Waals surface area contributed by atoms with E-state index >= 15 is 0 Å². The number of benzene rings is 2. The Labute approximate surface area is 127 Å². The second kappa shape index (κ2) is 6.36. The van der Waals surface area contributed by atoms with E-state index < -0.39 is 0 Å². The minimum Gasteiger partial charge on any atom is -0.256 e. The molecule has 0 aliphatic rings. The van der Waals surface area contributed by atoms with Crippen molar-refractivity contribution in [2.45, 2.75) is 21.3 Å². The average molecular weight is 275 g/mol. The molecule has 2 aromatic carbocycles. The zero-order chi connectivity index (χ0) is 13.9. The van der Waals surface area contributed by atoms with Crippen LogP contribution in [0, 0.1) is 13.8 Å². The summed E-state index contributed by atoms with van der Waals surface area (Å²) in [7, 11) is 0. The van der Waals surface area contributed by atoms with Gasteiger partial charge < -0.3 is 0 Å². The van der Waals surface area contributed by atoms with Crippen LogP contribution in [0.4, 0.5) is 0 Å². The van der Waals surface area contributed by atoms with E-state index in [0.29, 0.717) is 0 Å². The second-order valence-corrected chi connectivity index (χ2v) is 5.07. The summed E-state index contributed by atoms with van der Waals surface area (Å²) in [4.78, 5) is 4.63. The summed E-state index contributed by atoms with van der Waals surface area (Å²) in [5, 5.41) is 0. The predicted molar refractivity (Wildman–Crippen MR) is 91.3 cm³/mol. The van der Waals surface area contributed by atoms with Crippen LogP contribution in [0.15, 0.2) is 66.9 Å². The van der Waals surface area contributed by atoms with Gasteiger partial charge in [-0.05, 0) is 36.6 Å². The molecule has 1 nitrogen and oxygen atoms in total. The molecule has 0 amide bonds. The van der Waals surface area contributed by atoms with Crippen molar-refractivity contribution in [2.75, 3.05) is 0 Å². The van der Waals surface area contributed by atoms with Crippen LogP contribution in [-0.2, 0) is 0 Å². The lowest BCUT2D eigenvalue weighted by molar-refractivity contribution is 1.28. The lowest BCUT2D eigenvalue weighted by Gasteiger charge is -2.10. The molecule has 0 atom stereocenters. The molecule has 0 spiro atoms. The summed E-state index contributed by atoms with van der Waals surface area (Å²) in [6, 6.07) is 20.9. The maximum atomic E-state index is 4.63. The number of aromatic nitrogens is 1. The van der Waals surface area contributed by atoms with Crippen LogP contribution in [-0.4, -0.2) is 4.98 Å². The molecule has 0 aliphatic carbocycles. The first-order valence-corrected chi connectivity index (χ1v) is 6.84. The van der Waals surface area contributed by atoms with Crippen molar-refractivity contribution < 1.29 is 0 Å². The van der Waals surface area contributed by atoms with Gasteiger partial charge in [0.2, 0.25) is 0 Å². The Hall–Kier alpha value is -2.41. The Bertz CT molecular complexity index is 730. The fourth-order valence-corrected chi connectivity index (χ4v) is 2.48. The topological polar surface area (TPSA) is 12.9 Å². The SMILES string of the molecule is C.Cc1ccccc1-c1cnc(-c2ccccc2)cc1C. The van der Waals surface area contributed by atoms with Crippen molar-refractivity contribution in [3.8, 4) is 22.4 Å². The third-order valence-electron chi connectivity index (χ3n) is 3.62. The summed E-state index contributed by atoms with van der Waals surface area (Å²) < 4.78 is 0. The van der Waals surface area contributed by atoms with E-state index in [9.17, 15) is 0 Å². The second-order valence-electron chi connectivity index (χ2n) is 5.07. The van der Waals surface area contributed by atoms with Crippen molar-refractivity contribution in [1.82, 2.24) is 4.98 Å². The number of hydrogen-bond donors (Lipinski definition) is 0. The van der Waals surface area contributed by atoms with Crippen molar-refractivity contribution in [3.05, 3.63) is 78.0 Å². The van der Waals surface area contributed by atoms with Crippen LogP contribution in [0.2, 0.25) is 0 Å². The van der Waals surface area contributed by atoms with Gasteiger partial charge in [-0.25, -0.2) is 0 Å². The highest BCUT2D eigenvalue weighted by Crippen LogP contribution is 2.28. The first-order chi connectivity index (χ1) is 9.75. The van der Waals surface area contributed by atoms with Gasteiger partial charge in [0.15, 0.2) is 0 Å². The smallest absolute Gasteiger partial charge is 0.0705 e. The van der Waals surface area contributed by atoms with Crippen LogP contribution in [0.3, 0.4) is 0 Å². The largest absolute Gasteiger partial charge is 0.256 e. The molecular weight excluding hydrogens is 254 g/mol. The Kier molecular flexibility index (Phi) is 4.54. The molecule has 3 aromatic rings. The highest BCUT2D eigenvalue weighted by atomic mass is 14.7. The minimum atomic E-state index is 0. The van der Waals surface area contributed by atoms with Crippen molar-refractivity contribution >= 4 is 0 Å². The van der Waals surface area contributed by atoms with E-state index in [2.05, 4.69) is 61.3 Å². The Morgan fingerprint density at radius 3 is 2.05 bits per heavy atom. The molecule has 0 unspecified atom stereocenters. The quantitative estimate of drug-likeness (QED) is 0.587. The standard InChI is InChI=1S/C19H17N.CH4/c1-14-8-6-7-11-17(14)18-13-20-19(12-15(18)2)16-9-4-3-5-10-16;/h3-13H,1-2H3;1H4. The lowest BCUT2D eigenvalue weighted by atomic mass is 9.97. The van der Waals surface area contributed by atoms with Crippen molar-refractivity contribution in [2.24, 2.45) is 0 Å². The highest BCUT2D eigenvalue weighted by molar-refractivity contribution is 5.72. The predicted octanol–water partition coefficient (Wildman–Crippen LogP) is 5.67. The zero-order valence-electron chi connectivity index (χ0n) is 11.8. The zero-order valence-corrected chi connectivity index (χ0v) is 11.8. The lowest BCUT2D eigenvalue weighted by Crippen LogP contribution is -1.91. The molecule has 0 saturated carbocycles.